The molecule has 0 aliphatic heterocycles. The minimum atomic E-state index is -0.404. The van der Waals surface area contributed by atoms with Gasteiger partial charge >= 0.3 is 0 Å². The highest BCUT2D eigenvalue weighted by Gasteiger charge is 2.12. The van der Waals surface area contributed by atoms with E-state index in [1.165, 1.54) is 18.5 Å². The molecule has 0 unspecified atom stereocenters. The van der Waals surface area contributed by atoms with Gasteiger partial charge in [0.1, 0.15) is 6.33 Å². The molecule has 4 N–H and O–H groups in total. The molecule has 92 valence electrons. The Morgan fingerprint density at radius 3 is 2.94 bits per heavy atom. The fourth-order valence-electron chi connectivity index (χ4n) is 1.43. The first-order valence-corrected chi connectivity index (χ1v) is 5.29. The molecule has 1 aromatic carbocycles. The highest BCUT2D eigenvalue weighted by molar-refractivity contribution is 5.98. The third-order valence-corrected chi connectivity index (χ3v) is 2.39. The van der Waals surface area contributed by atoms with Crippen LogP contribution in [0.2, 0.25) is 0 Å². The molecule has 6 heteroatoms. The van der Waals surface area contributed by atoms with Crippen LogP contribution in [0.1, 0.15) is 16.1 Å². The Morgan fingerprint density at radius 2 is 2.22 bits per heavy atom. The molecule has 0 radical (unpaired) electrons. The topological polar surface area (TPSA) is 101 Å². The number of anilines is 1. The zero-order chi connectivity index (χ0) is 13.0. The maximum atomic E-state index is 11.8. The van der Waals surface area contributed by atoms with Gasteiger partial charge in [-0.05, 0) is 18.2 Å². The molecule has 2 rings (SSSR count). The zero-order valence-electron chi connectivity index (χ0n) is 9.50. The molecule has 0 saturated heterocycles. The number of hydrogen-bond donors (Lipinski definition) is 3. The first-order valence-electron chi connectivity index (χ1n) is 5.29. The van der Waals surface area contributed by atoms with Gasteiger partial charge in [0.05, 0.1) is 23.5 Å². The summed E-state index contributed by atoms with van der Waals surface area (Å²) in [6.07, 6.45) is 2.99. The molecule has 6 nitrogen and oxygen atoms in total. The van der Waals surface area contributed by atoms with Crippen LogP contribution >= 0.6 is 0 Å². The lowest BCUT2D eigenvalue weighted by molar-refractivity contribution is 0.0948. The lowest BCUT2D eigenvalue weighted by Gasteiger charge is -2.07. The summed E-state index contributed by atoms with van der Waals surface area (Å²) < 4.78 is 0. The lowest BCUT2D eigenvalue weighted by Crippen LogP contribution is -2.23. The van der Waals surface area contributed by atoms with Gasteiger partial charge in [0.2, 0.25) is 0 Å². The van der Waals surface area contributed by atoms with E-state index in [9.17, 15) is 9.90 Å². The fraction of sp³-hybridized carbons (Fsp3) is 0.0833. The van der Waals surface area contributed by atoms with E-state index in [-0.39, 0.29) is 23.5 Å². The van der Waals surface area contributed by atoms with Crippen LogP contribution < -0.4 is 11.1 Å². The average molecular weight is 244 g/mol. The molecule has 0 spiro atoms. The molecular weight excluding hydrogens is 232 g/mol. The second-order valence-electron chi connectivity index (χ2n) is 3.63. The molecule has 1 aromatic heterocycles. The average Bonchev–Trinajstić information content (AvgIpc) is 2.40. The zero-order valence-corrected chi connectivity index (χ0v) is 9.50. The van der Waals surface area contributed by atoms with Crippen molar-refractivity contribution in [3.05, 3.63) is 48.0 Å². The van der Waals surface area contributed by atoms with Gasteiger partial charge < -0.3 is 16.2 Å². The van der Waals surface area contributed by atoms with Crippen LogP contribution in [0.25, 0.3) is 0 Å². The van der Waals surface area contributed by atoms with Crippen LogP contribution in [-0.4, -0.2) is 21.0 Å². The second-order valence-corrected chi connectivity index (χ2v) is 3.63. The third kappa shape index (κ3) is 2.54. The number of aromatic nitrogens is 2. The van der Waals surface area contributed by atoms with Crippen molar-refractivity contribution in [2.45, 2.75) is 6.54 Å². The van der Waals surface area contributed by atoms with Crippen molar-refractivity contribution in [3.8, 4) is 5.75 Å². The molecule has 0 saturated carbocycles. The summed E-state index contributed by atoms with van der Waals surface area (Å²) in [7, 11) is 0. The summed E-state index contributed by atoms with van der Waals surface area (Å²) in [4.78, 5) is 19.6. The molecule has 1 amide bonds. The van der Waals surface area contributed by atoms with Crippen LogP contribution in [0, 0.1) is 0 Å². The van der Waals surface area contributed by atoms with E-state index in [1.54, 1.807) is 18.3 Å². The largest absolute Gasteiger partial charge is 0.505 e. The fourth-order valence-corrected chi connectivity index (χ4v) is 1.43. The Balaban J connectivity index is 2.07. The Morgan fingerprint density at radius 1 is 1.39 bits per heavy atom. The van der Waals surface area contributed by atoms with E-state index in [1.807, 2.05) is 0 Å². The standard InChI is InChI=1S/C12H12N4O2/c13-10-3-1-2-9(11(10)17)12(18)15-6-8-4-5-14-7-16-8/h1-5,7,17H,6,13H2,(H,15,18). The quantitative estimate of drug-likeness (QED) is 0.545. The number of benzene rings is 1. The first-order chi connectivity index (χ1) is 8.68. The van der Waals surface area contributed by atoms with Crippen molar-refractivity contribution in [1.29, 1.82) is 0 Å². The van der Waals surface area contributed by atoms with Gasteiger partial charge in [-0.2, -0.15) is 0 Å². The summed E-state index contributed by atoms with van der Waals surface area (Å²) in [5.41, 5.74) is 6.51. The van der Waals surface area contributed by atoms with Crippen LogP contribution in [0.3, 0.4) is 0 Å². The number of nitrogens with two attached hydrogens (primary N) is 1. The van der Waals surface area contributed by atoms with Gasteiger partial charge in [-0.1, -0.05) is 6.07 Å². The monoisotopic (exact) mass is 244 g/mol. The summed E-state index contributed by atoms with van der Waals surface area (Å²) in [6.45, 7) is 0.260. The number of nitrogens with one attached hydrogen (secondary N) is 1. The number of rotatable bonds is 3. The van der Waals surface area contributed by atoms with Crippen LogP contribution in [-0.2, 0) is 6.54 Å². The predicted molar refractivity (Wildman–Crippen MR) is 65.7 cm³/mol. The second kappa shape index (κ2) is 5.13. The predicted octanol–water partition coefficient (Wildman–Crippen LogP) is 0.694. The van der Waals surface area contributed by atoms with Crippen molar-refractivity contribution in [2.24, 2.45) is 0 Å². The number of carbonyl (C=O) groups excluding carboxylic acids is 1. The Kier molecular flexibility index (Phi) is 3.38. The van der Waals surface area contributed by atoms with E-state index >= 15 is 0 Å². The van der Waals surface area contributed by atoms with Gasteiger partial charge in [-0.3, -0.25) is 4.79 Å². The van der Waals surface area contributed by atoms with Crippen LogP contribution in [0.5, 0.6) is 5.75 Å². The van der Waals surface area contributed by atoms with Gasteiger partial charge in [-0.25, -0.2) is 9.97 Å². The van der Waals surface area contributed by atoms with E-state index < -0.39 is 5.91 Å². The molecular formula is C12H12N4O2. The smallest absolute Gasteiger partial charge is 0.255 e. The number of phenols is 1. The number of para-hydroxylation sites is 1. The highest BCUT2D eigenvalue weighted by Crippen LogP contribution is 2.24. The molecule has 2 aromatic rings. The number of hydrogen-bond acceptors (Lipinski definition) is 5. The molecule has 0 atom stereocenters. The molecule has 0 aliphatic carbocycles. The van der Waals surface area contributed by atoms with Crippen molar-refractivity contribution in [3.63, 3.8) is 0 Å². The number of carbonyl (C=O) groups is 1. The number of nitrogen functional groups attached to an aromatic ring is 1. The Bertz CT molecular complexity index is 557. The molecule has 0 aliphatic rings. The summed E-state index contributed by atoms with van der Waals surface area (Å²) in [5, 5.41) is 12.3. The SMILES string of the molecule is Nc1cccc(C(=O)NCc2ccncn2)c1O. The summed E-state index contributed by atoms with van der Waals surface area (Å²) in [5.74, 6) is -0.615. The van der Waals surface area contributed by atoms with E-state index in [0.29, 0.717) is 5.69 Å². The molecule has 18 heavy (non-hydrogen) atoms. The van der Waals surface area contributed by atoms with Crippen LogP contribution in [0.4, 0.5) is 5.69 Å². The summed E-state index contributed by atoms with van der Waals surface area (Å²) >= 11 is 0. The normalized spacial score (nSPS) is 10.0. The number of phenolic OH excluding ortho intramolecular Hbond substituents is 1. The first kappa shape index (κ1) is 11.8. The third-order valence-electron chi connectivity index (χ3n) is 2.39. The number of nitrogens with zero attached hydrogens (tertiary/aromatic N) is 2. The number of aromatic hydroxyl groups is 1. The Hall–Kier alpha value is -2.63. The molecule has 0 bridgehead atoms. The number of amides is 1. The van der Waals surface area contributed by atoms with Crippen molar-refractivity contribution < 1.29 is 9.90 Å². The van der Waals surface area contributed by atoms with Crippen LogP contribution in [0.15, 0.2) is 36.8 Å². The van der Waals surface area contributed by atoms with Crippen molar-refractivity contribution >= 4 is 11.6 Å². The van der Waals surface area contributed by atoms with E-state index in [4.69, 9.17) is 5.73 Å². The maximum absolute atomic E-state index is 11.8. The minimum Gasteiger partial charge on any atom is -0.505 e. The van der Waals surface area contributed by atoms with E-state index in [2.05, 4.69) is 15.3 Å². The van der Waals surface area contributed by atoms with Crippen molar-refractivity contribution in [1.82, 2.24) is 15.3 Å². The minimum absolute atomic E-state index is 0.143. The maximum Gasteiger partial charge on any atom is 0.255 e. The summed E-state index contributed by atoms with van der Waals surface area (Å²) in [6, 6.07) is 6.33. The van der Waals surface area contributed by atoms with Gasteiger partial charge in [0.15, 0.2) is 5.75 Å². The Labute approximate surface area is 104 Å². The van der Waals surface area contributed by atoms with E-state index in [0.717, 1.165) is 0 Å². The van der Waals surface area contributed by atoms with Gasteiger partial charge in [0.25, 0.3) is 5.91 Å². The molecule has 1 heterocycles. The highest BCUT2D eigenvalue weighted by atomic mass is 16.3. The molecule has 0 fully saturated rings. The lowest BCUT2D eigenvalue weighted by atomic mass is 10.1. The van der Waals surface area contributed by atoms with Crippen molar-refractivity contribution in [2.75, 3.05) is 5.73 Å². The van der Waals surface area contributed by atoms with Gasteiger partial charge in [-0.15, -0.1) is 0 Å². The van der Waals surface area contributed by atoms with Gasteiger partial charge in [0, 0.05) is 6.20 Å².